The minimum absolute atomic E-state index is 0.0417. The molecule has 180 valence electrons. The number of nitrogens with zero attached hydrogens (tertiary/aromatic N) is 3. The van der Waals surface area contributed by atoms with Crippen LogP contribution in [-0.4, -0.2) is 61.1 Å². The van der Waals surface area contributed by atoms with Crippen molar-refractivity contribution in [2.24, 2.45) is 0 Å². The highest BCUT2D eigenvalue weighted by molar-refractivity contribution is 5.82. The number of anilines is 1. The Hall–Kier alpha value is -3.51. The topological polar surface area (TPSA) is 45.2 Å². The van der Waals surface area contributed by atoms with E-state index in [1.165, 1.54) is 11.3 Å². The van der Waals surface area contributed by atoms with Gasteiger partial charge in [0.25, 0.3) is 5.91 Å². The van der Waals surface area contributed by atoms with E-state index >= 15 is 0 Å². The SMILES string of the molecule is O=C([C@H]1Cc2ccccc2O1)N1CCOc2ccc(CN3CCN(c4ccccc4)CC3)cc2C1. The number of carbonyl (C=O) groups is 1. The maximum atomic E-state index is 13.3. The van der Waals surface area contributed by atoms with E-state index < -0.39 is 6.10 Å². The van der Waals surface area contributed by atoms with Crippen molar-refractivity contribution < 1.29 is 14.3 Å². The molecular formula is C29H31N3O3. The molecule has 0 unspecified atom stereocenters. The van der Waals surface area contributed by atoms with Crippen molar-refractivity contribution in [3.8, 4) is 11.5 Å². The fraction of sp³-hybridized carbons (Fsp3) is 0.345. The summed E-state index contributed by atoms with van der Waals surface area (Å²) in [7, 11) is 0. The monoisotopic (exact) mass is 469 g/mol. The van der Waals surface area contributed by atoms with E-state index in [4.69, 9.17) is 9.47 Å². The molecule has 1 amide bonds. The summed E-state index contributed by atoms with van der Waals surface area (Å²) < 4.78 is 12.0. The van der Waals surface area contributed by atoms with Crippen LogP contribution in [0.4, 0.5) is 5.69 Å². The fourth-order valence-electron chi connectivity index (χ4n) is 5.32. The average Bonchev–Trinajstić information content (AvgIpc) is 3.23. The van der Waals surface area contributed by atoms with Crippen LogP contribution in [-0.2, 0) is 24.3 Å². The number of ether oxygens (including phenoxy) is 2. The second kappa shape index (κ2) is 9.62. The van der Waals surface area contributed by atoms with Crippen molar-refractivity contribution in [3.05, 3.63) is 89.5 Å². The lowest BCUT2D eigenvalue weighted by Crippen LogP contribution is -2.45. The van der Waals surface area contributed by atoms with E-state index in [-0.39, 0.29) is 5.91 Å². The highest BCUT2D eigenvalue weighted by Gasteiger charge is 2.33. The van der Waals surface area contributed by atoms with Crippen molar-refractivity contribution in [3.63, 3.8) is 0 Å². The highest BCUT2D eigenvalue weighted by Crippen LogP contribution is 2.31. The lowest BCUT2D eigenvalue weighted by molar-refractivity contribution is -0.138. The van der Waals surface area contributed by atoms with Crippen LogP contribution in [0.25, 0.3) is 0 Å². The molecule has 0 saturated carbocycles. The van der Waals surface area contributed by atoms with Gasteiger partial charge < -0.3 is 19.3 Å². The molecule has 1 fully saturated rings. The number of benzene rings is 3. The molecule has 0 spiro atoms. The molecule has 3 aromatic carbocycles. The van der Waals surface area contributed by atoms with Crippen LogP contribution >= 0.6 is 0 Å². The molecule has 35 heavy (non-hydrogen) atoms. The van der Waals surface area contributed by atoms with Gasteiger partial charge in [-0.3, -0.25) is 9.69 Å². The molecule has 3 aliphatic rings. The molecule has 6 heteroatoms. The zero-order chi connectivity index (χ0) is 23.6. The maximum absolute atomic E-state index is 13.3. The predicted molar refractivity (Wildman–Crippen MR) is 136 cm³/mol. The Morgan fingerprint density at radius 2 is 1.63 bits per heavy atom. The summed E-state index contributed by atoms with van der Waals surface area (Å²) >= 11 is 0. The van der Waals surface area contributed by atoms with Gasteiger partial charge in [0.15, 0.2) is 6.10 Å². The second-order valence-electron chi connectivity index (χ2n) is 9.57. The summed E-state index contributed by atoms with van der Waals surface area (Å²) in [4.78, 5) is 20.2. The molecule has 6 rings (SSSR count). The fourth-order valence-corrected chi connectivity index (χ4v) is 5.32. The quantitative estimate of drug-likeness (QED) is 0.583. The number of amides is 1. The Labute approximate surface area is 206 Å². The Morgan fingerprint density at radius 3 is 2.46 bits per heavy atom. The molecule has 0 aromatic heterocycles. The number of hydrogen-bond donors (Lipinski definition) is 0. The summed E-state index contributed by atoms with van der Waals surface area (Å²) in [6, 6.07) is 25.0. The molecular weight excluding hydrogens is 438 g/mol. The van der Waals surface area contributed by atoms with Crippen LogP contribution in [0.1, 0.15) is 16.7 Å². The van der Waals surface area contributed by atoms with E-state index in [0.29, 0.717) is 26.1 Å². The number of piperazine rings is 1. The Bertz CT molecular complexity index is 1170. The third-order valence-corrected chi connectivity index (χ3v) is 7.24. The summed E-state index contributed by atoms with van der Waals surface area (Å²) in [6.45, 7) is 6.66. The minimum atomic E-state index is -0.446. The van der Waals surface area contributed by atoms with Gasteiger partial charge in [0.2, 0.25) is 0 Å². The number of para-hydroxylation sites is 2. The van der Waals surface area contributed by atoms with Gasteiger partial charge in [0.05, 0.1) is 6.54 Å². The Balaban J connectivity index is 1.09. The molecule has 0 N–H and O–H groups in total. The predicted octanol–water partition coefficient (Wildman–Crippen LogP) is 3.73. The van der Waals surface area contributed by atoms with Crippen LogP contribution in [0.3, 0.4) is 0 Å². The minimum Gasteiger partial charge on any atom is -0.491 e. The van der Waals surface area contributed by atoms with Crippen molar-refractivity contribution in [1.82, 2.24) is 9.80 Å². The third-order valence-electron chi connectivity index (χ3n) is 7.24. The van der Waals surface area contributed by atoms with Gasteiger partial charge in [0.1, 0.15) is 18.1 Å². The number of rotatable bonds is 4. The van der Waals surface area contributed by atoms with Crippen molar-refractivity contribution >= 4 is 11.6 Å². The molecule has 6 nitrogen and oxygen atoms in total. The van der Waals surface area contributed by atoms with Crippen LogP contribution in [0, 0.1) is 0 Å². The molecule has 0 aliphatic carbocycles. The molecule has 0 bridgehead atoms. The summed E-state index contributed by atoms with van der Waals surface area (Å²) in [5.41, 5.74) is 4.74. The zero-order valence-corrected chi connectivity index (χ0v) is 19.9. The zero-order valence-electron chi connectivity index (χ0n) is 19.9. The molecule has 3 aliphatic heterocycles. The van der Waals surface area contributed by atoms with Gasteiger partial charge in [-0.2, -0.15) is 0 Å². The Morgan fingerprint density at radius 1 is 0.829 bits per heavy atom. The summed E-state index contributed by atoms with van der Waals surface area (Å²) in [5, 5.41) is 0. The maximum Gasteiger partial charge on any atom is 0.264 e. The first-order valence-electron chi connectivity index (χ1n) is 12.5. The first-order valence-corrected chi connectivity index (χ1v) is 12.5. The standard InChI is InChI=1S/C29H31N3O3/c33-29(28-19-23-6-4-5-9-27(23)35-28)32-16-17-34-26-11-10-22(18-24(26)21-32)20-30-12-14-31(15-13-30)25-7-2-1-3-8-25/h1-11,18,28H,12-17,19-21H2/t28-/m1/s1. The van der Waals surface area contributed by atoms with E-state index in [9.17, 15) is 4.79 Å². The lowest BCUT2D eigenvalue weighted by Gasteiger charge is -2.36. The Kier molecular flexibility index (Phi) is 6.05. The number of carbonyl (C=O) groups excluding carboxylic acids is 1. The summed E-state index contributed by atoms with van der Waals surface area (Å²) in [5.74, 6) is 1.75. The molecule has 3 heterocycles. The average molecular weight is 470 g/mol. The van der Waals surface area contributed by atoms with Gasteiger partial charge in [0, 0.05) is 56.9 Å². The summed E-state index contributed by atoms with van der Waals surface area (Å²) in [6.07, 6.45) is 0.187. The number of hydrogen-bond acceptors (Lipinski definition) is 5. The van der Waals surface area contributed by atoms with Crippen molar-refractivity contribution in [1.29, 1.82) is 0 Å². The number of fused-ring (bicyclic) bond motifs is 2. The second-order valence-corrected chi connectivity index (χ2v) is 9.57. The van der Waals surface area contributed by atoms with E-state index in [0.717, 1.165) is 55.3 Å². The van der Waals surface area contributed by atoms with Crippen LogP contribution in [0.5, 0.6) is 11.5 Å². The normalized spacial score (nSPS) is 19.8. The van der Waals surface area contributed by atoms with Crippen molar-refractivity contribution in [2.45, 2.75) is 25.6 Å². The van der Waals surface area contributed by atoms with Gasteiger partial charge in [-0.1, -0.05) is 42.5 Å². The lowest BCUT2D eigenvalue weighted by atomic mass is 10.1. The van der Waals surface area contributed by atoms with Crippen LogP contribution in [0.2, 0.25) is 0 Å². The van der Waals surface area contributed by atoms with E-state index in [1.807, 2.05) is 29.2 Å². The largest absolute Gasteiger partial charge is 0.491 e. The van der Waals surface area contributed by atoms with Gasteiger partial charge in [-0.15, -0.1) is 0 Å². The van der Waals surface area contributed by atoms with Gasteiger partial charge in [-0.05, 0) is 41.5 Å². The van der Waals surface area contributed by atoms with Gasteiger partial charge in [-0.25, -0.2) is 0 Å². The van der Waals surface area contributed by atoms with Crippen LogP contribution < -0.4 is 14.4 Å². The van der Waals surface area contributed by atoms with Crippen LogP contribution in [0.15, 0.2) is 72.8 Å². The van der Waals surface area contributed by atoms with Crippen molar-refractivity contribution in [2.75, 3.05) is 44.2 Å². The van der Waals surface area contributed by atoms with Gasteiger partial charge >= 0.3 is 0 Å². The highest BCUT2D eigenvalue weighted by atomic mass is 16.5. The smallest absolute Gasteiger partial charge is 0.264 e. The first-order chi connectivity index (χ1) is 17.2. The molecule has 1 atom stereocenters. The first kappa shape index (κ1) is 22.0. The molecule has 1 saturated heterocycles. The third kappa shape index (κ3) is 4.71. The molecule has 3 aromatic rings. The van der Waals surface area contributed by atoms with E-state index in [1.54, 1.807) is 0 Å². The van der Waals surface area contributed by atoms with E-state index in [2.05, 4.69) is 58.3 Å². The molecule has 0 radical (unpaired) electrons.